The van der Waals surface area contributed by atoms with Gasteiger partial charge in [-0.3, -0.25) is 0 Å². The van der Waals surface area contributed by atoms with Gasteiger partial charge in [0.1, 0.15) is 6.10 Å². The quantitative estimate of drug-likeness (QED) is 0.230. The van der Waals surface area contributed by atoms with E-state index in [4.69, 9.17) is 35.7 Å². The molecule has 3 atom stereocenters. The molecular formula is C6H10O9. The van der Waals surface area contributed by atoms with Crippen molar-refractivity contribution in [3.8, 4) is 0 Å². The summed E-state index contributed by atoms with van der Waals surface area (Å²) in [5, 5.41) is 60.4. The summed E-state index contributed by atoms with van der Waals surface area (Å²) in [4.78, 5) is 20.3. The van der Waals surface area contributed by atoms with Crippen molar-refractivity contribution in [3.63, 3.8) is 0 Å². The zero-order chi connectivity index (χ0) is 12.4. The van der Waals surface area contributed by atoms with Crippen LogP contribution in [0.15, 0.2) is 0 Å². The fourth-order valence-electron chi connectivity index (χ4n) is 0.711. The van der Waals surface area contributed by atoms with Gasteiger partial charge in [-0.1, -0.05) is 0 Å². The maximum absolute atomic E-state index is 10.1. The zero-order valence-corrected chi connectivity index (χ0v) is 7.18. The van der Waals surface area contributed by atoms with Crippen LogP contribution in [-0.4, -0.2) is 71.8 Å². The number of hydrogen-bond acceptors (Lipinski definition) is 7. The van der Waals surface area contributed by atoms with Crippen LogP contribution in [0.2, 0.25) is 0 Å². The van der Waals surface area contributed by atoms with Crippen molar-refractivity contribution < 1.29 is 45.3 Å². The second-order valence-electron chi connectivity index (χ2n) is 2.75. The molecule has 0 saturated heterocycles. The summed E-state index contributed by atoms with van der Waals surface area (Å²) in [5.41, 5.74) is 0. The van der Waals surface area contributed by atoms with Crippen molar-refractivity contribution in [1.29, 1.82) is 0 Å². The molecule has 88 valence electrons. The van der Waals surface area contributed by atoms with Gasteiger partial charge in [0.15, 0.2) is 6.10 Å². The Labute approximate surface area is 82.4 Å². The number of carbonyl (C=O) groups is 2. The van der Waals surface area contributed by atoms with E-state index in [-0.39, 0.29) is 0 Å². The van der Waals surface area contributed by atoms with E-state index in [0.717, 1.165) is 0 Å². The van der Waals surface area contributed by atoms with Crippen molar-refractivity contribution in [2.45, 2.75) is 24.1 Å². The Kier molecular flexibility index (Phi) is 4.13. The topological polar surface area (TPSA) is 176 Å². The lowest BCUT2D eigenvalue weighted by molar-refractivity contribution is -0.287. The van der Waals surface area contributed by atoms with Gasteiger partial charge in [-0.15, -0.1) is 0 Å². The van der Waals surface area contributed by atoms with E-state index in [1.54, 1.807) is 0 Å². The lowest BCUT2D eigenvalue weighted by Crippen LogP contribution is -2.60. The third-order valence-corrected chi connectivity index (χ3v) is 1.62. The predicted molar refractivity (Wildman–Crippen MR) is 40.5 cm³/mol. The molecule has 0 unspecified atom stereocenters. The van der Waals surface area contributed by atoms with Crippen LogP contribution in [0.4, 0.5) is 0 Å². The van der Waals surface area contributed by atoms with E-state index >= 15 is 0 Å². The maximum Gasteiger partial charge on any atom is 0.338 e. The molecule has 15 heavy (non-hydrogen) atoms. The highest BCUT2D eigenvalue weighted by Gasteiger charge is 2.50. The van der Waals surface area contributed by atoms with Crippen LogP contribution in [0.25, 0.3) is 0 Å². The molecule has 0 aromatic rings. The molecule has 0 aliphatic heterocycles. The molecule has 0 rings (SSSR count). The number of aliphatic hydroxyl groups is 5. The number of rotatable bonds is 5. The molecule has 0 aromatic heterocycles. The number of carboxylic acids is 2. The molecule has 0 bridgehead atoms. The molecule has 0 fully saturated rings. The third-order valence-electron chi connectivity index (χ3n) is 1.62. The monoisotopic (exact) mass is 226 g/mol. The summed E-state index contributed by atoms with van der Waals surface area (Å²) in [6.07, 6.45) is -8.28. The smallest absolute Gasteiger partial charge is 0.338 e. The van der Waals surface area contributed by atoms with Crippen LogP contribution < -0.4 is 0 Å². The van der Waals surface area contributed by atoms with Crippen molar-refractivity contribution in [2.75, 3.05) is 0 Å². The molecule has 0 saturated carbocycles. The van der Waals surface area contributed by atoms with Gasteiger partial charge in [0, 0.05) is 0 Å². The molecule has 0 heterocycles. The predicted octanol–water partition coefficient (Wildman–Crippen LogP) is -4.08. The van der Waals surface area contributed by atoms with E-state index < -0.39 is 36.0 Å². The lowest BCUT2D eigenvalue weighted by Gasteiger charge is -2.30. The van der Waals surface area contributed by atoms with Crippen molar-refractivity contribution in [2.24, 2.45) is 0 Å². The van der Waals surface area contributed by atoms with Gasteiger partial charge in [-0.05, 0) is 0 Å². The first-order valence-electron chi connectivity index (χ1n) is 3.57. The van der Waals surface area contributed by atoms with E-state index in [1.165, 1.54) is 0 Å². The van der Waals surface area contributed by atoms with Crippen LogP contribution >= 0.6 is 0 Å². The van der Waals surface area contributed by atoms with Gasteiger partial charge < -0.3 is 35.7 Å². The van der Waals surface area contributed by atoms with Gasteiger partial charge in [-0.2, -0.15) is 0 Å². The Hall–Kier alpha value is -1.26. The molecule has 7 N–H and O–H groups in total. The van der Waals surface area contributed by atoms with Gasteiger partial charge in [-0.25, -0.2) is 9.59 Å². The SMILES string of the molecule is O=C(O)[C@@H](O)[C@H](O)C(O)(O)[C@@H](O)C(=O)O. The highest BCUT2D eigenvalue weighted by molar-refractivity contribution is 5.75. The lowest BCUT2D eigenvalue weighted by atomic mass is 9.99. The van der Waals surface area contributed by atoms with Crippen molar-refractivity contribution in [1.82, 2.24) is 0 Å². The third kappa shape index (κ3) is 2.84. The number of aliphatic hydroxyl groups excluding tert-OH is 3. The fourth-order valence-corrected chi connectivity index (χ4v) is 0.711. The normalized spacial score (nSPS) is 17.9. The fraction of sp³-hybridized carbons (Fsp3) is 0.667. The van der Waals surface area contributed by atoms with Crippen molar-refractivity contribution in [3.05, 3.63) is 0 Å². The molecule has 9 nitrogen and oxygen atoms in total. The first kappa shape index (κ1) is 13.7. The van der Waals surface area contributed by atoms with Crippen molar-refractivity contribution >= 4 is 11.9 Å². The summed E-state index contributed by atoms with van der Waals surface area (Å²) < 4.78 is 0. The summed E-state index contributed by atoms with van der Waals surface area (Å²) in [6, 6.07) is 0. The highest BCUT2D eigenvalue weighted by atomic mass is 16.6. The van der Waals surface area contributed by atoms with Gasteiger partial charge in [0.05, 0.1) is 0 Å². The Balaban J connectivity index is 4.86. The number of hydrogen-bond donors (Lipinski definition) is 7. The Morgan fingerprint density at radius 2 is 1.33 bits per heavy atom. The highest BCUT2D eigenvalue weighted by Crippen LogP contribution is 2.16. The molecule has 0 spiro atoms. The van der Waals surface area contributed by atoms with Crippen LogP contribution in [0.5, 0.6) is 0 Å². The van der Waals surface area contributed by atoms with Crippen LogP contribution in [-0.2, 0) is 9.59 Å². The van der Waals surface area contributed by atoms with E-state index in [0.29, 0.717) is 0 Å². The first-order chi connectivity index (χ1) is 6.62. The standard InChI is InChI=1S/C6H10O9/c7-1(4(10)11)2(8)6(14,15)3(9)5(12)13/h1-3,7-9,14-15H,(H,10,11)(H,12,13)/t1-,2-,3-/m0/s1. The minimum absolute atomic E-state index is 2.01. The van der Waals surface area contributed by atoms with Crippen LogP contribution in [0, 0.1) is 0 Å². The van der Waals surface area contributed by atoms with E-state index in [1.807, 2.05) is 0 Å². The molecule has 0 aromatic carbocycles. The Bertz CT molecular complexity index is 259. The number of aliphatic carboxylic acids is 2. The summed E-state index contributed by atoms with van der Waals surface area (Å²) >= 11 is 0. The molecule has 9 heteroatoms. The maximum atomic E-state index is 10.1. The largest absolute Gasteiger partial charge is 0.479 e. The molecule has 0 aliphatic carbocycles. The summed E-state index contributed by atoms with van der Waals surface area (Å²) in [7, 11) is 0. The van der Waals surface area contributed by atoms with Gasteiger partial charge >= 0.3 is 11.9 Å². The molecule has 0 amide bonds. The second-order valence-corrected chi connectivity index (χ2v) is 2.75. The zero-order valence-electron chi connectivity index (χ0n) is 7.18. The summed E-state index contributed by atoms with van der Waals surface area (Å²) in [5.74, 6) is -7.78. The molecular weight excluding hydrogens is 216 g/mol. The van der Waals surface area contributed by atoms with Crippen LogP contribution in [0.3, 0.4) is 0 Å². The average Bonchev–Trinajstić information content (AvgIpc) is 2.13. The average molecular weight is 226 g/mol. The van der Waals surface area contributed by atoms with E-state index in [9.17, 15) is 9.59 Å². The summed E-state index contributed by atoms with van der Waals surface area (Å²) in [6.45, 7) is 0. The Morgan fingerprint density at radius 3 is 1.60 bits per heavy atom. The molecule has 0 aliphatic rings. The Morgan fingerprint density at radius 1 is 0.933 bits per heavy atom. The molecule has 0 radical (unpaired) electrons. The van der Waals surface area contributed by atoms with Crippen LogP contribution in [0.1, 0.15) is 0 Å². The minimum atomic E-state index is -3.68. The van der Waals surface area contributed by atoms with Gasteiger partial charge in [0.25, 0.3) is 0 Å². The number of carboxylic acid groups (broad SMARTS) is 2. The minimum Gasteiger partial charge on any atom is -0.479 e. The van der Waals surface area contributed by atoms with E-state index in [2.05, 4.69) is 0 Å². The van der Waals surface area contributed by atoms with Gasteiger partial charge in [0.2, 0.25) is 11.9 Å². The first-order valence-corrected chi connectivity index (χ1v) is 3.57. The second kappa shape index (κ2) is 4.51.